The summed E-state index contributed by atoms with van der Waals surface area (Å²) in [6, 6.07) is 6.60. The number of rotatable bonds is 2. The van der Waals surface area contributed by atoms with Gasteiger partial charge in [0.15, 0.2) is 17.3 Å². The van der Waals surface area contributed by atoms with Crippen molar-refractivity contribution in [2.45, 2.75) is 0 Å². The fraction of sp³-hybridized carbons (Fsp3) is 0.0833. The van der Waals surface area contributed by atoms with E-state index in [-0.39, 0.29) is 5.69 Å². The Bertz CT molecular complexity index is 672. The summed E-state index contributed by atoms with van der Waals surface area (Å²) in [7, 11) is 1.55. The number of nitro groups is 1. The molecule has 2 aromatic rings. The van der Waals surface area contributed by atoms with E-state index in [2.05, 4.69) is 10.3 Å². The molecule has 1 aliphatic rings. The van der Waals surface area contributed by atoms with Gasteiger partial charge in [0, 0.05) is 6.07 Å². The average Bonchev–Trinajstić information content (AvgIpc) is 2.43. The Kier molecular flexibility index (Phi) is 2.45. The van der Waals surface area contributed by atoms with Crippen molar-refractivity contribution in [2.75, 3.05) is 12.4 Å². The third kappa shape index (κ3) is 1.90. The Morgan fingerprint density at radius 3 is 2.95 bits per heavy atom. The first-order chi connectivity index (χ1) is 9.17. The lowest BCUT2D eigenvalue weighted by atomic mass is 10.2. The second kappa shape index (κ2) is 4.13. The Morgan fingerprint density at radius 1 is 1.37 bits per heavy atom. The number of benzene rings is 1. The van der Waals surface area contributed by atoms with E-state index in [1.54, 1.807) is 25.3 Å². The minimum Gasteiger partial charge on any atom is -0.497 e. The van der Waals surface area contributed by atoms with E-state index in [1.807, 2.05) is 0 Å². The molecule has 7 heteroatoms. The van der Waals surface area contributed by atoms with Gasteiger partial charge in [-0.15, -0.1) is 0 Å². The van der Waals surface area contributed by atoms with Gasteiger partial charge in [0.1, 0.15) is 11.9 Å². The summed E-state index contributed by atoms with van der Waals surface area (Å²) < 4.78 is 10.7. The van der Waals surface area contributed by atoms with Gasteiger partial charge in [-0.3, -0.25) is 10.1 Å². The van der Waals surface area contributed by atoms with Crippen molar-refractivity contribution in [1.29, 1.82) is 0 Å². The minimum absolute atomic E-state index is 0.119. The standard InChI is InChI=1S/C12H9N3O4/c1-18-8-2-3-9-10(5-8)19-11-4-7(15(16)17)6-13-12(11)14-9/h2-6H,1H3,(H,13,14). The van der Waals surface area contributed by atoms with Gasteiger partial charge in [-0.05, 0) is 12.1 Å². The summed E-state index contributed by atoms with van der Waals surface area (Å²) in [6.45, 7) is 0. The third-order valence-electron chi connectivity index (χ3n) is 2.71. The zero-order valence-electron chi connectivity index (χ0n) is 9.91. The number of nitrogens with one attached hydrogen (secondary N) is 1. The molecular formula is C12H9N3O4. The number of hydrogen-bond donors (Lipinski definition) is 1. The van der Waals surface area contributed by atoms with Crippen LogP contribution in [0.3, 0.4) is 0 Å². The van der Waals surface area contributed by atoms with Gasteiger partial charge >= 0.3 is 0 Å². The fourth-order valence-electron chi connectivity index (χ4n) is 1.77. The summed E-state index contributed by atoms with van der Waals surface area (Å²) in [4.78, 5) is 14.2. The number of nitrogens with zero attached hydrogens (tertiary/aromatic N) is 2. The van der Waals surface area contributed by atoms with Crippen LogP contribution in [0.25, 0.3) is 0 Å². The predicted molar refractivity (Wildman–Crippen MR) is 67.2 cm³/mol. The van der Waals surface area contributed by atoms with Gasteiger partial charge in [-0.2, -0.15) is 0 Å². The molecule has 96 valence electrons. The largest absolute Gasteiger partial charge is 0.497 e. The Morgan fingerprint density at radius 2 is 2.21 bits per heavy atom. The van der Waals surface area contributed by atoms with Crippen LogP contribution < -0.4 is 14.8 Å². The maximum Gasteiger partial charge on any atom is 0.291 e. The number of ether oxygens (including phenoxy) is 2. The zero-order valence-corrected chi connectivity index (χ0v) is 9.91. The molecule has 1 aromatic carbocycles. The molecule has 1 aliphatic heterocycles. The van der Waals surface area contributed by atoms with Crippen molar-refractivity contribution in [3.05, 3.63) is 40.6 Å². The summed E-state index contributed by atoms with van der Waals surface area (Å²) >= 11 is 0. The Labute approximate surface area is 107 Å². The highest BCUT2D eigenvalue weighted by Gasteiger charge is 2.21. The molecule has 0 bridgehead atoms. The van der Waals surface area contributed by atoms with Gasteiger partial charge in [0.05, 0.1) is 23.8 Å². The normalized spacial score (nSPS) is 11.6. The topological polar surface area (TPSA) is 86.5 Å². The van der Waals surface area contributed by atoms with Crippen LogP contribution >= 0.6 is 0 Å². The zero-order chi connectivity index (χ0) is 13.4. The van der Waals surface area contributed by atoms with Crippen LogP contribution in [0.4, 0.5) is 17.2 Å². The molecule has 19 heavy (non-hydrogen) atoms. The first-order valence-corrected chi connectivity index (χ1v) is 5.45. The van der Waals surface area contributed by atoms with E-state index >= 15 is 0 Å². The van der Waals surface area contributed by atoms with Gasteiger partial charge in [0.2, 0.25) is 0 Å². The highest BCUT2D eigenvalue weighted by molar-refractivity contribution is 5.74. The highest BCUT2D eigenvalue weighted by Crippen LogP contribution is 2.43. The number of hydrogen-bond acceptors (Lipinski definition) is 6. The smallest absolute Gasteiger partial charge is 0.291 e. The predicted octanol–water partition coefficient (Wildman–Crippen LogP) is 2.85. The van der Waals surface area contributed by atoms with E-state index in [0.29, 0.717) is 23.1 Å². The van der Waals surface area contributed by atoms with Gasteiger partial charge in [-0.25, -0.2) is 4.98 Å². The molecule has 0 aliphatic carbocycles. The molecule has 1 aromatic heterocycles. The molecule has 0 amide bonds. The third-order valence-corrected chi connectivity index (χ3v) is 2.71. The van der Waals surface area contributed by atoms with E-state index in [0.717, 1.165) is 5.69 Å². The molecule has 2 heterocycles. The molecule has 0 atom stereocenters. The van der Waals surface area contributed by atoms with Crippen LogP contribution in [0.15, 0.2) is 30.5 Å². The summed E-state index contributed by atoms with van der Waals surface area (Å²) in [6.07, 6.45) is 1.18. The number of fused-ring (bicyclic) bond motifs is 2. The van der Waals surface area contributed by atoms with E-state index in [4.69, 9.17) is 9.47 Å². The van der Waals surface area contributed by atoms with Gasteiger partial charge < -0.3 is 14.8 Å². The fourth-order valence-corrected chi connectivity index (χ4v) is 1.77. The van der Waals surface area contributed by atoms with Crippen LogP contribution in [-0.4, -0.2) is 17.0 Å². The first-order valence-electron chi connectivity index (χ1n) is 5.45. The van der Waals surface area contributed by atoms with E-state index in [9.17, 15) is 10.1 Å². The lowest BCUT2D eigenvalue weighted by Crippen LogP contribution is -2.05. The molecule has 1 N–H and O–H groups in total. The Hall–Kier alpha value is -2.83. The van der Waals surface area contributed by atoms with E-state index in [1.165, 1.54) is 12.3 Å². The maximum absolute atomic E-state index is 10.7. The average molecular weight is 259 g/mol. The summed E-state index contributed by atoms with van der Waals surface area (Å²) in [5.74, 6) is 1.94. The lowest BCUT2D eigenvalue weighted by molar-refractivity contribution is -0.385. The maximum atomic E-state index is 10.7. The molecule has 0 fully saturated rings. The molecule has 0 spiro atoms. The lowest BCUT2D eigenvalue weighted by Gasteiger charge is -2.20. The minimum atomic E-state index is -0.516. The second-order valence-corrected chi connectivity index (χ2v) is 3.89. The van der Waals surface area contributed by atoms with Crippen LogP contribution in [0.2, 0.25) is 0 Å². The second-order valence-electron chi connectivity index (χ2n) is 3.89. The van der Waals surface area contributed by atoms with Crippen LogP contribution in [0.1, 0.15) is 0 Å². The number of anilines is 2. The van der Waals surface area contributed by atoms with Crippen molar-refractivity contribution in [3.8, 4) is 17.2 Å². The molecule has 3 rings (SSSR count). The molecule has 7 nitrogen and oxygen atoms in total. The van der Waals surface area contributed by atoms with Gasteiger partial charge in [0.25, 0.3) is 5.69 Å². The molecule has 0 saturated carbocycles. The van der Waals surface area contributed by atoms with Crippen LogP contribution in [-0.2, 0) is 0 Å². The number of methoxy groups -OCH3 is 1. The van der Waals surface area contributed by atoms with Crippen LogP contribution in [0, 0.1) is 10.1 Å². The summed E-state index contributed by atoms with van der Waals surface area (Å²) in [5.41, 5.74) is 0.613. The highest BCUT2D eigenvalue weighted by atomic mass is 16.6. The molecule has 0 unspecified atom stereocenters. The van der Waals surface area contributed by atoms with Gasteiger partial charge in [-0.1, -0.05) is 0 Å². The van der Waals surface area contributed by atoms with Crippen molar-refractivity contribution >= 4 is 17.2 Å². The first kappa shape index (κ1) is 11.3. The summed E-state index contributed by atoms with van der Waals surface area (Å²) in [5, 5.41) is 13.7. The monoisotopic (exact) mass is 259 g/mol. The number of aromatic nitrogens is 1. The van der Waals surface area contributed by atoms with Crippen molar-refractivity contribution < 1.29 is 14.4 Å². The molecule has 0 saturated heterocycles. The number of pyridine rings is 1. The molecular weight excluding hydrogens is 250 g/mol. The van der Waals surface area contributed by atoms with Crippen LogP contribution in [0.5, 0.6) is 17.2 Å². The quantitative estimate of drug-likeness (QED) is 0.562. The SMILES string of the molecule is COc1ccc2c(c1)Oc1cc([N+](=O)[O-])cnc1N2. The van der Waals surface area contributed by atoms with E-state index < -0.39 is 4.92 Å². The van der Waals surface area contributed by atoms with Crippen molar-refractivity contribution in [2.24, 2.45) is 0 Å². The van der Waals surface area contributed by atoms with Crippen molar-refractivity contribution in [1.82, 2.24) is 4.98 Å². The molecule has 0 radical (unpaired) electrons. The van der Waals surface area contributed by atoms with Crippen molar-refractivity contribution in [3.63, 3.8) is 0 Å². The Balaban J connectivity index is 2.02.